The Morgan fingerprint density at radius 2 is 1.53 bits per heavy atom. The highest BCUT2D eigenvalue weighted by Crippen LogP contribution is 2.41. The molecule has 5 heterocycles. The SMILES string of the molecule is CC[C@@H](C(=O)NCCOCCOCCOCCOCCNC(=O)CCCC[C@@H]1SC[C@@H]2NC(=O)N[C@@H]21)C1N=C(c2ccc(NC(=O)OC(C)(C)C)cc2)c2c(sc(C)c2C)-n2c(C)nnc21. The van der Waals surface area contributed by atoms with Gasteiger partial charge < -0.3 is 45.0 Å². The number of amides is 5. The fourth-order valence-corrected chi connectivity index (χ4v) is 10.8. The third-order valence-corrected chi connectivity index (χ3v) is 14.2. The Hall–Kier alpha value is -4.60. The molecular formula is C46H67N9O9S2. The lowest BCUT2D eigenvalue weighted by Gasteiger charge is -2.22. The van der Waals surface area contributed by atoms with Gasteiger partial charge in [0.05, 0.1) is 76.6 Å². The molecule has 0 radical (unpaired) electrons. The molecule has 3 aromatic rings. The molecule has 3 aliphatic heterocycles. The van der Waals surface area contributed by atoms with Crippen LogP contribution in [0.15, 0.2) is 29.3 Å². The molecule has 5 atom stereocenters. The Morgan fingerprint density at radius 1 is 0.879 bits per heavy atom. The zero-order chi connectivity index (χ0) is 47.2. The van der Waals surface area contributed by atoms with Crippen LogP contribution in [0, 0.1) is 26.7 Å². The molecule has 0 saturated carbocycles. The first kappa shape index (κ1) is 50.8. The van der Waals surface area contributed by atoms with Gasteiger partial charge >= 0.3 is 12.1 Å². The summed E-state index contributed by atoms with van der Waals surface area (Å²) >= 11 is 3.54. The van der Waals surface area contributed by atoms with Crippen molar-refractivity contribution < 1.29 is 42.9 Å². The molecule has 2 fully saturated rings. The maximum absolute atomic E-state index is 13.9. The van der Waals surface area contributed by atoms with E-state index in [9.17, 15) is 19.2 Å². The van der Waals surface area contributed by atoms with Crippen LogP contribution >= 0.6 is 23.1 Å². The number of unbranched alkanes of at least 4 members (excludes halogenated alkanes) is 1. The smallest absolute Gasteiger partial charge is 0.412 e. The summed E-state index contributed by atoms with van der Waals surface area (Å²) in [4.78, 5) is 56.5. The number of aromatic nitrogens is 3. The number of benzene rings is 1. The molecular weight excluding hydrogens is 887 g/mol. The van der Waals surface area contributed by atoms with Gasteiger partial charge in [-0.05, 0) is 78.5 Å². The minimum atomic E-state index is -0.626. The van der Waals surface area contributed by atoms with Crippen molar-refractivity contribution >= 4 is 58.4 Å². The van der Waals surface area contributed by atoms with Crippen molar-refractivity contribution in [1.29, 1.82) is 0 Å². The Labute approximate surface area is 395 Å². The summed E-state index contributed by atoms with van der Waals surface area (Å²) in [6.45, 7) is 17.4. The number of aryl methyl sites for hydroxylation is 2. The van der Waals surface area contributed by atoms with Crippen LogP contribution in [0.2, 0.25) is 0 Å². The first-order valence-corrected chi connectivity index (χ1v) is 24.9. The van der Waals surface area contributed by atoms with Crippen molar-refractivity contribution in [3.63, 3.8) is 0 Å². The maximum atomic E-state index is 13.9. The van der Waals surface area contributed by atoms with Crippen molar-refractivity contribution in [3.05, 3.63) is 57.5 Å². The van der Waals surface area contributed by atoms with Crippen molar-refractivity contribution in [2.24, 2.45) is 10.9 Å². The van der Waals surface area contributed by atoms with E-state index in [1.54, 1.807) is 11.3 Å². The van der Waals surface area contributed by atoms with Crippen molar-refractivity contribution in [2.45, 2.75) is 110 Å². The van der Waals surface area contributed by atoms with E-state index in [1.165, 1.54) is 0 Å². The number of hydrogen-bond donors (Lipinski definition) is 5. The number of urea groups is 1. The van der Waals surface area contributed by atoms with Gasteiger partial charge in [0.1, 0.15) is 22.5 Å². The number of carbonyl (C=O) groups excluding carboxylic acids is 4. The summed E-state index contributed by atoms with van der Waals surface area (Å²) in [5.74, 6) is 1.59. The topological polar surface area (TPSA) is 218 Å². The van der Waals surface area contributed by atoms with Gasteiger partial charge in [-0.1, -0.05) is 25.5 Å². The number of nitrogens with one attached hydrogen (secondary N) is 5. The van der Waals surface area contributed by atoms with E-state index in [-0.39, 0.29) is 29.9 Å². The van der Waals surface area contributed by atoms with Crippen LogP contribution in [0.5, 0.6) is 0 Å². The largest absolute Gasteiger partial charge is 0.444 e. The van der Waals surface area contributed by atoms with Gasteiger partial charge in [0.2, 0.25) is 11.8 Å². The molecule has 18 nitrogen and oxygen atoms in total. The van der Waals surface area contributed by atoms with Gasteiger partial charge in [0.15, 0.2) is 5.82 Å². The maximum Gasteiger partial charge on any atom is 0.412 e. The lowest BCUT2D eigenvalue weighted by molar-refractivity contribution is -0.126. The molecule has 0 aliphatic carbocycles. The van der Waals surface area contributed by atoms with Gasteiger partial charge in [-0.15, -0.1) is 21.5 Å². The van der Waals surface area contributed by atoms with Crippen LogP contribution in [0.1, 0.15) is 99.1 Å². The number of hydrogen-bond acceptors (Lipinski definition) is 14. The fraction of sp³-hybridized carbons (Fsp3) is 0.630. The minimum Gasteiger partial charge on any atom is -0.444 e. The van der Waals surface area contributed by atoms with Gasteiger partial charge in [-0.25, -0.2) is 9.59 Å². The summed E-state index contributed by atoms with van der Waals surface area (Å²) < 4.78 is 30.0. The van der Waals surface area contributed by atoms with Crippen LogP contribution in [0.3, 0.4) is 0 Å². The minimum absolute atomic E-state index is 0.0243. The monoisotopic (exact) mass is 953 g/mol. The van der Waals surface area contributed by atoms with E-state index in [4.69, 9.17) is 28.7 Å². The summed E-state index contributed by atoms with van der Waals surface area (Å²) in [5, 5.41) is 25.1. The third-order valence-electron chi connectivity index (χ3n) is 11.5. The molecule has 1 unspecified atom stereocenters. The second-order valence-electron chi connectivity index (χ2n) is 17.5. The quantitative estimate of drug-likeness (QED) is 0.0523. The highest BCUT2D eigenvalue weighted by atomic mass is 32.2. The Balaban J connectivity index is 0.855. The number of aliphatic imine (C=N–C) groups is 1. The van der Waals surface area contributed by atoms with Crippen LogP contribution < -0.4 is 26.6 Å². The highest BCUT2D eigenvalue weighted by molar-refractivity contribution is 8.00. The van der Waals surface area contributed by atoms with Crippen molar-refractivity contribution in [2.75, 3.05) is 77.0 Å². The fourth-order valence-electron chi connectivity index (χ4n) is 8.07. The normalized spacial score (nSPS) is 19.1. The molecule has 6 rings (SSSR count). The standard InChI is InChI=1S/C46H67N9O9S2/c1-8-33(39-41-54-53-30(4)55(41)43-37(28(2)29(3)66-43)38(51-39)31-13-15-32(16-14-31)49-45(59)64-46(5,6)7)42(57)48-18-20-61-22-24-63-26-25-62-23-21-60-19-17-47-36(56)12-10-9-11-35-40-34(27-65-35)50-44(58)52-40/h13-16,33-35,39-40H,8-12,17-27H2,1-7H3,(H,47,56)(H,48,57)(H,49,59)(H2,50,52,58)/t33-,34+,35+,39?,40+/m1/s1. The number of fused-ring (bicyclic) bond motifs is 4. The molecule has 0 spiro atoms. The van der Waals surface area contributed by atoms with Crippen LogP contribution in [-0.2, 0) is 33.3 Å². The molecule has 20 heteroatoms. The van der Waals surface area contributed by atoms with E-state index in [1.807, 2.05) is 75.2 Å². The van der Waals surface area contributed by atoms with Gasteiger partial charge in [0.25, 0.3) is 0 Å². The zero-order valence-corrected chi connectivity index (χ0v) is 40.9. The molecule has 5 amide bonds. The number of thioether (sulfide) groups is 1. The second kappa shape index (κ2) is 24.4. The van der Waals surface area contributed by atoms with Crippen molar-refractivity contribution in [3.8, 4) is 5.00 Å². The number of nitrogens with zero attached hydrogens (tertiary/aromatic N) is 4. The summed E-state index contributed by atoms with van der Waals surface area (Å²) in [6, 6.07) is 7.22. The third kappa shape index (κ3) is 14.0. The van der Waals surface area contributed by atoms with Gasteiger partial charge in [0, 0.05) is 52.2 Å². The van der Waals surface area contributed by atoms with E-state index in [0.29, 0.717) is 101 Å². The van der Waals surface area contributed by atoms with E-state index < -0.39 is 23.7 Å². The molecule has 3 aliphatic rings. The number of ether oxygens (including phenoxy) is 5. The number of carbonyl (C=O) groups is 4. The van der Waals surface area contributed by atoms with Gasteiger partial charge in [-0.2, -0.15) is 11.8 Å². The molecule has 66 heavy (non-hydrogen) atoms. The summed E-state index contributed by atoms with van der Waals surface area (Å²) in [6.07, 6.45) is 3.23. The lowest BCUT2D eigenvalue weighted by atomic mass is 9.94. The molecule has 362 valence electrons. The highest BCUT2D eigenvalue weighted by Gasteiger charge is 2.42. The Kier molecular flexibility index (Phi) is 18.8. The summed E-state index contributed by atoms with van der Waals surface area (Å²) in [7, 11) is 0. The molecule has 5 N–H and O–H groups in total. The summed E-state index contributed by atoms with van der Waals surface area (Å²) in [5.41, 5.74) is 3.60. The molecule has 0 bridgehead atoms. The number of rotatable bonds is 25. The van der Waals surface area contributed by atoms with Crippen LogP contribution in [0.25, 0.3) is 5.00 Å². The average Bonchev–Trinajstić information content (AvgIpc) is 4.00. The Bertz CT molecular complexity index is 2140. The molecule has 2 aromatic heterocycles. The Morgan fingerprint density at radius 3 is 2.18 bits per heavy atom. The first-order chi connectivity index (χ1) is 31.7. The predicted octanol–water partition coefficient (Wildman–Crippen LogP) is 5.54. The number of thiophene rings is 1. The van der Waals surface area contributed by atoms with Crippen LogP contribution in [-0.4, -0.2) is 139 Å². The van der Waals surface area contributed by atoms with Crippen molar-refractivity contribution in [1.82, 2.24) is 36.0 Å². The molecule has 1 aromatic carbocycles. The second-order valence-corrected chi connectivity index (χ2v) is 20.0. The van der Waals surface area contributed by atoms with E-state index in [0.717, 1.165) is 57.3 Å². The zero-order valence-electron chi connectivity index (χ0n) is 39.3. The van der Waals surface area contributed by atoms with Gasteiger partial charge in [-0.3, -0.25) is 24.5 Å². The lowest BCUT2D eigenvalue weighted by Crippen LogP contribution is -2.36. The van der Waals surface area contributed by atoms with Crippen LogP contribution in [0.4, 0.5) is 15.3 Å². The predicted molar refractivity (Wildman–Crippen MR) is 255 cm³/mol. The average molecular weight is 954 g/mol. The first-order valence-electron chi connectivity index (χ1n) is 23.0. The number of anilines is 1. The molecule has 2 saturated heterocycles. The van der Waals surface area contributed by atoms with E-state index in [2.05, 4.69) is 50.6 Å². The van der Waals surface area contributed by atoms with E-state index >= 15 is 0 Å².